The Balaban J connectivity index is 1.91. The van der Waals surface area contributed by atoms with E-state index >= 15 is 0 Å². The first-order chi connectivity index (χ1) is 10.2. The Labute approximate surface area is 123 Å². The number of benzene rings is 2. The molecule has 3 rings (SSSR count). The van der Waals surface area contributed by atoms with Crippen LogP contribution in [0.5, 0.6) is 0 Å². The van der Waals surface area contributed by atoms with E-state index in [0.717, 1.165) is 26.1 Å². The molecule has 1 atom stereocenters. The summed E-state index contributed by atoms with van der Waals surface area (Å²) in [6, 6.07) is 10.1. The molecule has 110 valence electrons. The summed E-state index contributed by atoms with van der Waals surface area (Å²) in [5.74, 6) is 0.229. The van der Waals surface area contributed by atoms with Crippen LogP contribution in [0, 0.1) is 11.7 Å². The minimum atomic E-state index is -0.281. The van der Waals surface area contributed by atoms with Gasteiger partial charge < -0.3 is 10.2 Å². The summed E-state index contributed by atoms with van der Waals surface area (Å²) in [6.07, 6.45) is 1.02. The van der Waals surface area contributed by atoms with Gasteiger partial charge in [0, 0.05) is 24.0 Å². The maximum absolute atomic E-state index is 13.8. The third kappa shape index (κ3) is 2.63. The SMILES string of the molecule is CNCC1CCN(C(=O)c2ccc(F)c3ccccc23)C1. The lowest BCUT2D eigenvalue weighted by Gasteiger charge is -2.18. The molecular formula is C17H19FN2O. The lowest BCUT2D eigenvalue weighted by atomic mass is 10.0. The molecule has 0 aliphatic carbocycles. The largest absolute Gasteiger partial charge is 0.338 e. The van der Waals surface area contributed by atoms with Crippen LogP contribution in [-0.2, 0) is 0 Å². The van der Waals surface area contributed by atoms with E-state index in [2.05, 4.69) is 5.32 Å². The first-order valence-corrected chi connectivity index (χ1v) is 7.32. The predicted octanol–water partition coefficient (Wildman–Crippen LogP) is 2.66. The topological polar surface area (TPSA) is 32.3 Å². The molecule has 2 aromatic carbocycles. The summed E-state index contributed by atoms with van der Waals surface area (Å²) in [4.78, 5) is 14.6. The van der Waals surface area contributed by atoms with Gasteiger partial charge in [0.1, 0.15) is 5.82 Å². The Morgan fingerprint density at radius 1 is 1.29 bits per heavy atom. The van der Waals surface area contributed by atoms with Gasteiger partial charge in [-0.1, -0.05) is 24.3 Å². The van der Waals surface area contributed by atoms with Gasteiger partial charge in [0.15, 0.2) is 0 Å². The Morgan fingerprint density at radius 2 is 2.05 bits per heavy atom. The number of hydrogen-bond donors (Lipinski definition) is 1. The Bertz CT molecular complexity index is 671. The van der Waals surface area contributed by atoms with Gasteiger partial charge in [-0.2, -0.15) is 0 Å². The fourth-order valence-corrected chi connectivity index (χ4v) is 3.09. The van der Waals surface area contributed by atoms with Gasteiger partial charge in [-0.3, -0.25) is 4.79 Å². The molecule has 0 radical (unpaired) electrons. The summed E-state index contributed by atoms with van der Waals surface area (Å²) in [6.45, 7) is 2.47. The molecule has 1 unspecified atom stereocenters. The van der Waals surface area contributed by atoms with Crippen LogP contribution in [0.25, 0.3) is 10.8 Å². The van der Waals surface area contributed by atoms with Crippen molar-refractivity contribution >= 4 is 16.7 Å². The van der Waals surface area contributed by atoms with Crippen LogP contribution in [0.4, 0.5) is 4.39 Å². The number of nitrogens with one attached hydrogen (secondary N) is 1. The van der Waals surface area contributed by atoms with E-state index in [1.165, 1.54) is 6.07 Å². The molecule has 1 N–H and O–H groups in total. The average molecular weight is 286 g/mol. The van der Waals surface area contributed by atoms with E-state index in [0.29, 0.717) is 22.3 Å². The number of amides is 1. The number of hydrogen-bond acceptors (Lipinski definition) is 2. The standard InChI is InChI=1S/C17H19FN2O/c1-19-10-12-8-9-20(11-12)17(21)15-6-7-16(18)14-5-3-2-4-13(14)15/h2-7,12,19H,8-11H2,1H3. The highest BCUT2D eigenvalue weighted by Gasteiger charge is 2.27. The van der Waals surface area contributed by atoms with Crippen molar-refractivity contribution < 1.29 is 9.18 Å². The number of rotatable bonds is 3. The zero-order valence-corrected chi connectivity index (χ0v) is 12.1. The van der Waals surface area contributed by atoms with Gasteiger partial charge in [0.05, 0.1) is 0 Å². The summed E-state index contributed by atoms with van der Waals surface area (Å²) in [5, 5.41) is 4.36. The number of carbonyl (C=O) groups is 1. The van der Waals surface area contributed by atoms with E-state index in [1.807, 2.05) is 24.1 Å². The van der Waals surface area contributed by atoms with Crippen LogP contribution in [0.15, 0.2) is 36.4 Å². The number of carbonyl (C=O) groups excluding carboxylic acids is 1. The molecule has 1 fully saturated rings. The molecule has 0 saturated carbocycles. The molecule has 0 bridgehead atoms. The fourth-order valence-electron chi connectivity index (χ4n) is 3.09. The van der Waals surface area contributed by atoms with Crippen LogP contribution in [0.3, 0.4) is 0 Å². The quantitative estimate of drug-likeness (QED) is 0.941. The minimum Gasteiger partial charge on any atom is -0.338 e. The van der Waals surface area contributed by atoms with E-state index in [1.54, 1.807) is 18.2 Å². The minimum absolute atomic E-state index is 0.00445. The molecule has 1 saturated heterocycles. The van der Waals surface area contributed by atoms with Crippen molar-refractivity contribution in [3.8, 4) is 0 Å². The van der Waals surface area contributed by atoms with Crippen molar-refractivity contribution in [2.45, 2.75) is 6.42 Å². The smallest absolute Gasteiger partial charge is 0.254 e. The van der Waals surface area contributed by atoms with Crippen molar-refractivity contribution in [3.05, 3.63) is 47.8 Å². The van der Waals surface area contributed by atoms with Crippen LogP contribution < -0.4 is 5.32 Å². The third-order valence-corrected chi connectivity index (χ3v) is 4.17. The second-order valence-corrected chi connectivity index (χ2v) is 5.60. The molecule has 0 spiro atoms. The van der Waals surface area contributed by atoms with Crippen LogP contribution >= 0.6 is 0 Å². The van der Waals surface area contributed by atoms with Crippen LogP contribution in [-0.4, -0.2) is 37.5 Å². The molecule has 1 aliphatic heterocycles. The van der Waals surface area contributed by atoms with Gasteiger partial charge >= 0.3 is 0 Å². The van der Waals surface area contributed by atoms with Gasteiger partial charge in [-0.05, 0) is 43.5 Å². The van der Waals surface area contributed by atoms with E-state index in [9.17, 15) is 9.18 Å². The summed E-state index contributed by atoms with van der Waals surface area (Å²) in [7, 11) is 1.93. The molecule has 3 nitrogen and oxygen atoms in total. The highest BCUT2D eigenvalue weighted by Crippen LogP contribution is 2.25. The number of halogens is 1. The maximum atomic E-state index is 13.8. The molecule has 21 heavy (non-hydrogen) atoms. The average Bonchev–Trinajstić information content (AvgIpc) is 2.96. The van der Waals surface area contributed by atoms with Gasteiger partial charge in [-0.25, -0.2) is 4.39 Å². The van der Waals surface area contributed by atoms with Crippen molar-refractivity contribution in [2.24, 2.45) is 5.92 Å². The summed E-state index contributed by atoms with van der Waals surface area (Å²) >= 11 is 0. The molecule has 2 aromatic rings. The van der Waals surface area contributed by atoms with Crippen molar-refractivity contribution in [3.63, 3.8) is 0 Å². The number of nitrogens with zero attached hydrogens (tertiary/aromatic N) is 1. The predicted molar refractivity (Wildman–Crippen MR) is 81.8 cm³/mol. The van der Waals surface area contributed by atoms with Crippen molar-refractivity contribution in [1.29, 1.82) is 0 Å². The maximum Gasteiger partial charge on any atom is 0.254 e. The highest BCUT2D eigenvalue weighted by molar-refractivity contribution is 6.07. The van der Waals surface area contributed by atoms with E-state index < -0.39 is 0 Å². The Kier molecular flexibility index (Phi) is 3.88. The molecule has 1 amide bonds. The second-order valence-electron chi connectivity index (χ2n) is 5.60. The monoisotopic (exact) mass is 286 g/mol. The number of likely N-dealkylation sites (tertiary alicyclic amines) is 1. The molecular weight excluding hydrogens is 267 g/mol. The van der Waals surface area contributed by atoms with Crippen molar-refractivity contribution in [1.82, 2.24) is 10.2 Å². The highest BCUT2D eigenvalue weighted by atomic mass is 19.1. The van der Waals surface area contributed by atoms with Crippen LogP contribution in [0.2, 0.25) is 0 Å². The molecule has 4 heteroatoms. The zero-order chi connectivity index (χ0) is 14.8. The molecule has 0 aromatic heterocycles. The Hall–Kier alpha value is -1.94. The third-order valence-electron chi connectivity index (χ3n) is 4.17. The lowest BCUT2D eigenvalue weighted by Crippen LogP contribution is -2.30. The first-order valence-electron chi connectivity index (χ1n) is 7.32. The molecule has 1 heterocycles. The van der Waals surface area contributed by atoms with E-state index in [-0.39, 0.29) is 11.7 Å². The molecule has 1 aliphatic rings. The fraction of sp³-hybridized carbons (Fsp3) is 0.353. The summed E-state index contributed by atoms with van der Waals surface area (Å²) < 4.78 is 13.8. The number of fused-ring (bicyclic) bond motifs is 1. The Morgan fingerprint density at radius 3 is 2.81 bits per heavy atom. The summed E-state index contributed by atoms with van der Waals surface area (Å²) in [5.41, 5.74) is 0.595. The second kappa shape index (κ2) is 5.82. The van der Waals surface area contributed by atoms with Gasteiger partial charge in [0.2, 0.25) is 0 Å². The normalized spacial score (nSPS) is 18.4. The van der Waals surface area contributed by atoms with Crippen molar-refractivity contribution in [2.75, 3.05) is 26.7 Å². The lowest BCUT2D eigenvalue weighted by molar-refractivity contribution is 0.0789. The van der Waals surface area contributed by atoms with Gasteiger partial charge in [0.25, 0.3) is 5.91 Å². The van der Waals surface area contributed by atoms with Gasteiger partial charge in [-0.15, -0.1) is 0 Å². The first kappa shape index (κ1) is 14.0. The van der Waals surface area contributed by atoms with Crippen LogP contribution in [0.1, 0.15) is 16.8 Å². The zero-order valence-electron chi connectivity index (χ0n) is 12.1. The van der Waals surface area contributed by atoms with E-state index in [4.69, 9.17) is 0 Å².